The van der Waals surface area contributed by atoms with E-state index in [1.165, 1.54) is 0 Å². The third-order valence-corrected chi connectivity index (χ3v) is 6.33. The monoisotopic (exact) mass is 220 g/mol. The Hall–Kier alpha value is -0.0900. The number of aliphatic hydroxyl groups is 1. The molecule has 0 bridgehead atoms. The molecule has 1 atom stereocenters. The summed E-state index contributed by atoms with van der Waals surface area (Å²) in [4.78, 5) is 0. The summed E-state index contributed by atoms with van der Waals surface area (Å²) in [5, 5.41) is 9.26. The Morgan fingerprint density at radius 1 is 1.43 bits per heavy atom. The summed E-state index contributed by atoms with van der Waals surface area (Å²) in [5.74, 6) is 0.304. The molecule has 1 unspecified atom stereocenters. The molecule has 84 valence electrons. The second kappa shape index (κ2) is 3.20. The van der Waals surface area contributed by atoms with Gasteiger partial charge in [-0.15, -0.1) is 0 Å². The second-order valence-electron chi connectivity index (χ2n) is 5.41. The summed E-state index contributed by atoms with van der Waals surface area (Å²) in [6, 6.07) is 0. The quantitative estimate of drug-likeness (QED) is 0.761. The topological polar surface area (TPSA) is 54.4 Å². The highest BCUT2D eigenvalue weighted by atomic mass is 32.2. The molecule has 1 fully saturated rings. The Balaban J connectivity index is 3.08. The Kier molecular flexibility index (Phi) is 2.74. The molecule has 1 saturated heterocycles. The third kappa shape index (κ3) is 1.58. The Bertz CT molecular complexity index is 314. The van der Waals surface area contributed by atoms with Gasteiger partial charge in [0.2, 0.25) is 0 Å². The van der Waals surface area contributed by atoms with E-state index < -0.39 is 14.6 Å². The van der Waals surface area contributed by atoms with Crippen LogP contribution in [0.3, 0.4) is 0 Å². The van der Waals surface area contributed by atoms with E-state index in [-0.39, 0.29) is 23.7 Å². The average Bonchev–Trinajstić information content (AvgIpc) is 2.23. The first kappa shape index (κ1) is 12.0. The molecule has 1 aliphatic heterocycles. The van der Waals surface area contributed by atoms with E-state index in [0.29, 0.717) is 6.42 Å². The lowest BCUT2D eigenvalue weighted by Gasteiger charge is -2.37. The highest BCUT2D eigenvalue weighted by Gasteiger charge is 2.52. The SMILES string of the molecule is CC(C)(CO)C1CCS(=O)(=O)C1(C)C. The van der Waals surface area contributed by atoms with Gasteiger partial charge in [0.25, 0.3) is 0 Å². The van der Waals surface area contributed by atoms with Crippen molar-refractivity contribution in [2.75, 3.05) is 12.4 Å². The molecule has 1 heterocycles. The Morgan fingerprint density at radius 3 is 2.21 bits per heavy atom. The molecule has 0 radical (unpaired) electrons. The van der Waals surface area contributed by atoms with Crippen molar-refractivity contribution < 1.29 is 13.5 Å². The van der Waals surface area contributed by atoms with Crippen molar-refractivity contribution in [2.45, 2.75) is 38.9 Å². The molecular weight excluding hydrogens is 200 g/mol. The first-order valence-electron chi connectivity index (χ1n) is 4.98. The van der Waals surface area contributed by atoms with Crippen molar-refractivity contribution in [3.05, 3.63) is 0 Å². The van der Waals surface area contributed by atoms with Crippen molar-refractivity contribution >= 4 is 9.84 Å². The largest absolute Gasteiger partial charge is 0.396 e. The minimum Gasteiger partial charge on any atom is -0.396 e. The maximum absolute atomic E-state index is 11.8. The van der Waals surface area contributed by atoms with E-state index in [4.69, 9.17) is 0 Å². The zero-order valence-electron chi connectivity index (χ0n) is 9.37. The summed E-state index contributed by atoms with van der Waals surface area (Å²) in [7, 11) is -2.98. The van der Waals surface area contributed by atoms with Crippen LogP contribution < -0.4 is 0 Å². The van der Waals surface area contributed by atoms with Crippen LogP contribution >= 0.6 is 0 Å². The highest BCUT2D eigenvalue weighted by Crippen LogP contribution is 2.46. The van der Waals surface area contributed by atoms with Crippen molar-refractivity contribution in [3.63, 3.8) is 0 Å². The van der Waals surface area contributed by atoms with Gasteiger partial charge in [0, 0.05) is 6.61 Å². The lowest BCUT2D eigenvalue weighted by atomic mass is 9.72. The standard InChI is InChI=1S/C10H20O3S/c1-9(2,7-11)8-5-6-14(12,13)10(8,3)4/h8,11H,5-7H2,1-4H3. The fourth-order valence-corrected chi connectivity index (χ4v) is 4.48. The van der Waals surface area contributed by atoms with Crippen LogP contribution in [-0.2, 0) is 9.84 Å². The lowest BCUT2D eigenvalue weighted by molar-refractivity contribution is 0.0809. The van der Waals surface area contributed by atoms with Crippen molar-refractivity contribution in [3.8, 4) is 0 Å². The molecule has 0 saturated carbocycles. The maximum atomic E-state index is 11.8. The minimum atomic E-state index is -2.98. The van der Waals surface area contributed by atoms with Crippen molar-refractivity contribution in [2.24, 2.45) is 11.3 Å². The van der Waals surface area contributed by atoms with E-state index >= 15 is 0 Å². The average molecular weight is 220 g/mol. The molecule has 3 nitrogen and oxygen atoms in total. The summed E-state index contributed by atoms with van der Waals surface area (Å²) in [5.41, 5.74) is -0.312. The van der Waals surface area contributed by atoms with E-state index in [9.17, 15) is 13.5 Å². The summed E-state index contributed by atoms with van der Waals surface area (Å²) in [6.07, 6.45) is 0.670. The minimum absolute atomic E-state index is 0.0383. The molecule has 4 heteroatoms. The van der Waals surface area contributed by atoms with Crippen LogP contribution in [0.25, 0.3) is 0 Å². The van der Waals surface area contributed by atoms with E-state index in [1.807, 2.05) is 13.8 Å². The third-order valence-electron chi connectivity index (χ3n) is 3.67. The van der Waals surface area contributed by atoms with Gasteiger partial charge in [-0.25, -0.2) is 8.42 Å². The summed E-state index contributed by atoms with van der Waals surface area (Å²) in [6.45, 7) is 7.45. The summed E-state index contributed by atoms with van der Waals surface area (Å²) >= 11 is 0. The molecule has 0 aromatic heterocycles. The van der Waals surface area contributed by atoms with Gasteiger partial charge < -0.3 is 5.11 Å². The molecular formula is C10H20O3S. The van der Waals surface area contributed by atoms with Crippen LogP contribution in [0.5, 0.6) is 0 Å². The van der Waals surface area contributed by atoms with Crippen LogP contribution in [0.15, 0.2) is 0 Å². The van der Waals surface area contributed by atoms with Crippen molar-refractivity contribution in [1.29, 1.82) is 0 Å². The van der Waals surface area contributed by atoms with Gasteiger partial charge in [-0.2, -0.15) is 0 Å². The summed E-state index contributed by atoms with van der Waals surface area (Å²) < 4.78 is 22.9. The zero-order chi connectivity index (χ0) is 11.2. The number of sulfone groups is 1. The van der Waals surface area contributed by atoms with Crippen LogP contribution in [-0.4, -0.2) is 30.6 Å². The van der Waals surface area contributed by atoms with Gasteiger partial charge in [-0.3, -0.25) is 0 Å². The molecule has 0 amide bonds. The fourth-order valence-electron chi connectivity index (χ4n) is 2.54. The van der Waals surface area contributed by atoms with E-state index in [0.717, 1.165) is 0 Å². The zero-order valence-corrected chi connectivity index (χ0v) is 10.2. The number of hydrogen-bond donors (Lipinski definition) is 1. The molecule has 1 N–H and O–H groups in total. The number of hydrogen-bond acceptors (Lipinski definition) is 3. The first-order valence-corrected chi connectivity index (χ1v) is 6.63. The second-order valence-corrected chi connectivity index (χ2v) is 8.10. The van der Waals surface area contributed by atoms with Gasteiger partial charge in [0.05, 0.1) is 10.5 Å². The molecule has 1 rings (SSSR count). The number of rotatable bonds is 2. The Morgan fingerprint density at radius 2 is 1.93 bits per heavy atom. The molecule has 0 aromatic rings. The maximum Gasteiger partial charge on any atom is 0.155 e. The molecule has 0 aliphatic carbocycles. The predicted octanol–water partition coefficient (Wildman–Crippen LogP) is 1.22. The molecule has 0 aromatic carbocycles. The lowest BCUT2D eigenvalue weighted by Crippen LogP contribution is -2.42. The first-order chi connectivity index (χ1) is 6.15. The van der Waals surface area contributed by atoms with Crippen LogP contribution in [0.2, 0.25) is 0 Å². The van der Waals surface area contributed by atoms with Gasteiger partial charge >= 0.3 is 0 Å². The van der Waals surface area contributed by atoms with Crippen LogP contribution in [0, 0.1) is 11.3 Å². The van der Waals surface area contributed by atoms with Gasteiger partial charge in [0.15, 0.2) is 9.84 Å². The van der Waals surface area contributed by atoms with Crippen LogP contribution in [0.4, 0.5) is 0 Å². The van der Waals surface area contributed by atoms with Crippen LogP contribution in [0.1, 0.15) is 34.1 Å². The highest BCUT2D eigenvalue weighted by molar-refractivity contribution is 7.93. The predicted molar refractivity (Wildman–Crippen MR) is 56.8 cm³/mol. The normalized spacial score (nSPS) is 30.5. The van der Waals surface area contributed by atoms with Gasteiger partial charge in [0.1, 0.15) is 0 Å². The molecule has 14 heavy (non-hydrogen) atoms. The molecule has 0 spiro atoms. The number of aliphatic hydroxyl groups excluding tert-OH is 1. The molecule has 1 aliphatic rings. The van der Waals surface area contributed by atoms with E-state index in [1.54, 1.807) is 13.8 Å². The van der Waals surface area contributed by atoms with Gasteiger partial charge in [-0.05, 0) is 31.6 Å². The van der Waals surface area contributed by atoms with E-state index in [2.05, 4.69) is 0 Å². The fraction of sp³-hybridized carbons (Fsp3) is 1.00. The Labute approximate surface area is 86.4 Å². The van der Waals surface area contributed by atoms with Crippen molar-refractivity contribution in [1.82, 2.24) is 0 Å². The van der Waals surface area contributed by atoms with Gasteiger partial charge in [-0.1, -0.05) is 13.8 Å². The smallest absolute Gasteiger partial charge is 0.155 e.